The summed E-state index contributed by atoms with van der Waals surface area (Å²) >= 11 is 0. The van der Waals surface area contributed by atoms with Crippen molar-refractivity contribution in [2.45, 2.75) is 57.9 Å². The van der Waals surface area contributed by atoms with Gasteiger partial charge in [0.25, 0.3) is 0 Å². The van der Waals surface area contributed by atoms with Crippen LogP contribution in [0.2, 0.25) is 0 Å². The second-order valence-corrected chi connectivity index (χ2v) is 7.72. The highest BCUT2D eigenvalue weighted by molar-refractivity contribution is 5.99. The zero-order chi connectivity index (χ0) is 17.3. The summed E-state index contributed by atoms with van der Waals surface area (Å²) in [5, 5.41) is 3.49. The Kier molecular flexibility index (Phi) is 4.48. The Hall–Kier alpha value is -2.10. The Balaban J connectivity index is 1.95. The van der Waals surface area contributed by atoms with Gasteiger partial charge in [-0.25, -0.2) is 0 Å². The van der Waals surface area contributed by atoms with Crippen LogP contribution in [0.3, 0.4) is 0 Å². The van der Waals surface area contributed by atoms with E-state index in [1.807, 2.05) is 12.1 Å². The molecule has 3 rings (SSSR count). The van der Waals surface area contributed by atoms with Crippen LogP contribution in [-0.4, -0.2) is 17.2 Å². The maximum Gasteiger partial charge on any atom is 0.248 e. The van der Waals surface area contributed by atoms with Crippen LogP contribution in [-0.2, 0) is 11.2 Å². The Morgan fingerprint density at radius 3 is 2.58 bits per heavy atom. The number of fused-ring (bicyclic) bond motifs is 1. The van der Waals surface area contributed by atoms with Crippen molar-refractivity contribution >= 4 is 17.4 Å². The molecule has 0 spiro atoms. The van der Waals surface area contributed by atoms with Gasteiger partial charge in [0.2, 0.25) is 5.91 Å². The molecule has 4 nitrogen and oxygen atoms in total. The van der Waals surface area contributed by atoms with E-state index in [0.717, 1.165) is 48.9 Å². The van der Waals surface area contributed by atoms with Crippen molar-refractivity contribution in [3.63, 3.8) is 0 Å². The summed E-state index contributed by atoms with van der Waals surface area (Å²) in [6.07, 6.45) is 8.11. The number of nitrogens with two attached hydrogens (primary N) is 1. The van der Waals surface area contributed by atoms with Gasteiger partial charge in [-0.05, 0) is 50.8 Å². The molecule has 2 aliphatic rings. The highest BCUT2D eigenvalue weighted by Gasteiger charge is 2.29. The lowest BCUT2D eigenvalue weighted by atomic mass is 9.82. The van der Waals surface area contributed by atoms with E-state index in [9.17, 15) is 9.59 Å². The molecule has 0 saturated heterocycles. The van der Waals surface area contributed by atoms with E-state index >= 15 is 0 Å². The van der Waals surface area contributed by atoms with Crippen LogP contribution in [0.1, 0.15) is 67.4 Å². The predicted octanol–water partition coefficient (Wildman–Crippen LogP) is 3.20. The number of benzene rings is 1. The van der Waals surface area contributed by atoms with Gasteiger partial charge in [-0.15, -0.1) is 0 Å². The molecule has 1 aromatic carbocycles. The van der Waals surface area contributed by atoms with E-state index in [4.69, 9.17) is 5.73 Å². The van der Waals surface area contributed by atoms with Gasteiger partial charge in [0, 0.05) is 34.4 Å². The maximum atomic E-state index is 12.7. The van der Waals surface area contributed by atoms with Crippen LogP contribution >= 0.6 is 0 Å². The Labute approximate surface area is 143 Å². The molecule has 24 heavy (non-hydrogen) atoms. The Morgan fingerprint density at radius 1 is 1.21 bits per heavy atom. The standard InChI is InChI=1S/C20H26N2O2/c1-20(2)12-15-10-14(19(21)24)8-9-16(15)17(22-20)11-18(23)13-6-4-3-5-7-13/h8-11,13,22H,3-7,12H2,1-2H3,(H2,21,24). The average molecular weight is 326 g/mol. The first-order valence-electron chi connectivity index (χ1n) is 8.82. The van der Waals surface area contributed by atoms with Crippen LogP contribution in [0.4, 0.5) is 0 Å². The minimum absolute atomic E-state index is 0.159. The number of carbonyl (C=O) groups is 2. The molecule has 0 bridgehead atoms. The fourth-order valence-electron chi connectivity index (χ4n) is 3.87. The summed E-state index contributed by atoms with van der Waals surface area (Å²) in [4.78, 5) is 24.1. The van der Waals surface area contributed by atoms with Crippen molar-refractivity contribution in [2.24, 2.45) is 11.7 Å². The predicted molar refractivity (Wildman–Crippen MR) is 95.4 cm³/mol. The highest BCUT2D eigenvalue weighted by Crippen LogP contribution is 2.32. The lowest BCUT2D eigenvalue weighted by Gasteiger charge is -2.36. The van der Waals surface area contributed by atoms with Crippen LogP contribution in [0.5, 0.6) is 0 Å². The van der Waals surface area contributed by atoms with Gasteiger partial charge in [-0.3, -0.25) is 9.59 Å². The molecule has 0 unspecified atom stereocenters. The van der Waals surface area contributed by atoms with Crippen LogP contribution in [0.15, 0.2) is 24.3 Å². The summed E-state index contributed by atoms with van der Waals surface area (Å²) in [6, 6.07) is 5.50. The third-order valence-electron chi connectivity index (χ3n) is 5.08. The number of hydrogen-bond donors (Lipinski definition) is 2. The molecular weight excluding hydrogens is 300 g/mol. The summed E-state index contributed by atoms with van der Waals surface area (Å²) in [6.45, 7) is 4.21. The Morgan fingerprint density at radius 2 is 1.92 bits per heavy atom. The lowest BCUT2D eigenvalue weighted by Crippen LogP contribution is -2.44. The van der Waals surface area contributed by atoms with Gasteiger partial charge >= 0.3 is 0 Å². The molecule has 128 valence electrons. The maximum absolute atomic E-state index is 12.7. The minimum atomic E-state index is -0.419. The number of carbonyl (C=O) groups excluding carboxylic acids is 2. The molecule has 0 radical (unpaired) electrons. The molecule has 1 saturated carbocycles. The monoisotopic (exact) mass is 326 g/mol. The molecule has 1 aliphatic carbocycles. The van der Waals surface area contributed by atoms with Gasteiger partial charge in [-0.2, -0.15) is 0 Å². The molecule has 0 atom stereocenters. The number of amides is 1. The molecule has 1 amide bonds. The minimum Gasteiger partial charge on any atom is -0.379 e. The second kappa shape index (κ2) is 6.42. The van der Waals surface area contributed by atoms with Gasteiger partial charge in [0.1, 0.15) is 0 Å². The van der Waals surface area contributed by atoms with E-state index in [1.165, 1.54) is 6.42 Å². The molecule has 1 aliphatic heterocycles. The zero-order valence-corrected chi connectivity index (χ0v) is 14.5. The van der Waals surface area contributed by atoms with Crippen LogP contribution in [0, 0.1) is 5.92 Å². The average Bonchev–Trinajstić information content (AvgIpc) is 2.54. The third kappa shape index (κ3) is 3.53. The smallest absolute Gasteiger partial charge is 0.248 e. The zero-order valence-electron chi connectivity index (χ0n) is 14.5. The molecule has 0 aromatic heterocycles. The molecule has 1 aromatic rings. The van der Waals surface area contributed by atoms with E-state index in [-0.39, 0.29) is 17.2 Å². The van der Waals surface area contributed by atoms with Crippen molar-refractivity contribution in [1.29, 1.82) is 0 Å². The summed E-state index contributed by atoms with van der Waals surface area (Å²) in [5.41, 5.74) is 8.70. The number of ketones is 1. The van der Waals surface area contributed by atoms with E-state index in [0.29, 0.717) is 5.56 Å². The fraction of sp³-hybridized carbons (Fsp3) is 0.500. The largest absolute Gasteiger partial charge is 0.379 e. The molecule has 1 heterocycles. The molecule has 4 heteroatoms. The van der Waals surface area contributed by atoms with Crippen molar-refractivity contribution in [3.05, 3.63) is 41.0 Å². The Bertz CT molecular complexity index is 698. The summed E-state index contributed by atoms with van der Waals surface area (Å²) in [7, 11) is 0. The first-order valence-corrected chi connectivity index (χ1v) is 8.82. The van der Waals surface area contributed by atoms with Crippen LogP contribution < -0.4 is 11.1 Å². The first kappa shape index (κ1) is 16.7. The quantitative estimate of drug-likeness (QED) is 0.838. The van der Waals surface area contributed by atoms with E-state index in [1.54, 1.807) is 12.1 Å². The topological polar surface area (TPSA) is 72.2 Å². The number of nitrogens with one attached hydrogen (secondary N) is 1. The molecule has 1 fully saturated rings. The van der Waals surface area contributed by atoms with Gasteiger partial charge in [-0.1, -0.05) is 25.3 Å². The van der Waals surface area contributed by atoms with E-state index < -0.39 is 5.91 Å². The normalized spacial score (nSPS) is 21.8. The second-order valence-electron chi connectivity index (χ2n) is 7.72. The molecular formula is C20H26N2O2. The van der Waals surface area contributed by atoms with Crippen molar-refractivity contribution in [1.82, 2.24) is 5.32 Å². The van der Waals surface area contributed by atoms with Crippen molar-refractivity contribution in [2.75, 3.05) is 0 Å². The number of primary amides is 1. The van der Waals surface area contributed by atoms with Gasteiger partial charge in [0.05, 0.1) is 0 Å². The third-order valence-corrected chi connectivity index (χ3v) is 5.08. The number of rotatable bonds is 3. The SMILES string of the molecule is CC1(C)Cc2cc(C(N)=O)ccc2C(=CC(=O)C2CCCCC2)N1. The fourth-order valence-corrected chi connectivity index (χ4v) is 3.87. The highest BCUT2D eigenvalue weighted by atomic mass is 16.1. The lowest BCUT2D eigenvalue weighted by molar-refractivity contribution is -0.119. The number of allylic oxidation sites excluding steroid dienone is 1. The van der Waals surface area contributed by atoms with Crippen molar-refractivity contribution < 1.29 is 9.59 Å². The van der Waals surface area contributed by atoms with Gasteiger partial charge in [0.15, 0.2) is 5.78 Å². The van der Waals surface area contributed by atoms with Crippen molar-refractivity contribution in [3.8, 4) is 0 Å². The summed E-state index contributed by atoms with van der Waals surface area (Å²) in [5.74, 6) is -0.0378. The number of hydrogen-bond acceptors (Lipinski definition) is 3. The first-order chi connectivity index (χ1) is 11.4. The van der Waals surface area contributed by atoms with E-state index in [2.05, 4.69) is 19.2 Å². The summed E-state index contributed by atoms with van der Waals surface area (Å²) < 4.78 is 0. The van der Waals surface area contributed by atoms with Crippen LogP contribution in [0.25, 0.3) is 5.70 Å². The van der Waals surface area contributed by atoms with Gasteiger partial charge < -0.3 is 11.1 Å². The molecule has 3 N–H and O–H groups in total.